The fourth-order valence-corrected chi connectivity index (χ4v) is 5.94. The Morgan fingerprint density at radius 2 is 1.41 bits per heavy atom. The molecule has 6 heteroatoms. The molecule has 5 aromatic rings. The number of hydrogen-bond donors (Lipinski definition) is 2. The summed E-state index contributed by atoms with van der Waals surface area (Å²) in [5.74, 6) is -0.0934. The molecule has 0 radical (unpaired) electrons. The molecular formula is C40H40N2O4. The Kier molecular flexibility index (Phi) is 10.3. The van der Waals surface area contributed by atoms with Crippen LogP contribution in [-0.2, 0) is 29.2 Å². The molecule has 0 spiro atoms. The molecule has 6 rings (SSSR count). The third-order valence-corrected chi connectivity index (χ3v) is 8.33. The van der Waals surface area contributed by atoms with E-state index < -0.39 is 6.29 Å². The Morgan fingerprint density at radius 3 is 2.15 bits per heavy atom. The van der Waals surface area contributed by atoms with Gasteiger partial charge in [-0.25, -0.2) is 0 Å². The number of amides is 1. The molecule has 234 valence electrons. The average Bonchev–Trinajstić information content (AvgIpc) is 3.11. The third-order valence-electron chi connectivity index (χ3n) is 8.33. The molecule has 1 aliphatic heterocycles. The highest BCUT2D eigenvalue weighted by Crippen LogP contribution is 2.39. The highest BCUT2D eigenvalue weighted by Gasteiger charge is 2.33. The molecule has 1 fully saturated rings. The molecule has 1 heterocycles. The lowest BCUT2D eigenvalue weighted by Crippen LogP contribution is -2.37. The zero-order valence-electron chi connectivity index (χ0n) is 26.1. The first-order chi connectivity index (χ1) is 22.5. The summed E-state index contributed by atoms with van der Waals surface area (Å²) in [6.45, 7) is 2.04. The Hall–Kier alpha value is -4.59. The monoisotopic (exact) mass is 612 g/mol. The molecule has 6 nitrogen and oxygen atoms in total. The van der Waals surface area contributed by atoms with Crippen LogP contribution >= 0.6 is 0 Å². The van der Waals surface area contributed by atoms with Crippen molar-refractivity contribution in [3.63, 3.8) is 0 Å². The zero-order chi connectivity index (χ0) is 31.7. The Morgan fingerprint density at radius 1 is 0.739 bits per heavy atom. The summed E-state index contributed by atoms with van der Waals surface area (Å²) in [5, 5.41) is 12.6. The van der Waals surface area contributed by atoms with Crippen molar-refractivity contribution >= 4 is 5.91 Å². The fraction of sp³-hybridized carbons (Fsp3) is 0.225. The quantitative estimate of drug-likeness (QED) is 0.162. The first-order valence-electron chi connectivity index (χ1n) is 15.8. The molecule has 5 aromatic carbocycles. The molecule has 0 aliphatic carbocycles. The summed E-state index contributed by atoms with van der Waals surface area (Å²) in [5.41, 5.74) is 7.93. The first-order valence-corrected chi connectivity index (χ1v) is 15.8. The number of ether oxygens (including phenoxy) is 2. The smallest absolute Gasteiger partial charge is 0.251 e. The minimum Gasteiger partial charge on any atom is -0.392 e. The maximum Gasteiger partial charge on any atom is 0.251 e. The van der Waals surface area contributed by atoms with Gasteiger partial charge in [-0.3, -0.25) is 9.69 Å². The second kappa shape index (κ2) is 15.1. The van der Waals surface area contributed by atoms with Crippen LogP contribution in [0.15, 0.2) is 133 Å². The Balaban J connectivity index is 1.19. The number of nitrogens with zero attached hydrogens (tertiary/aromatic N) is 1. The molecule has 1 saturated heterocycles. The maximum absolute atomic E-state index is 12.6. The van der Waals surface area contributed by atoms with E-state index in [1.165, 1.54) is 5.56 Å². The summed E-state index contributed by atoms with van der Waals surface area (Å²) in [4.78, 5) is 14.9. The number of nitrogens with one attached hydrogen (secondary N) is 1. The summed E-state index contributed by atoms with van der Waals surface area (Å²) in [7, 11) is 2.13. The largest absolute Gasteiger partial charge is 0.392 e. The molecule has 1 aliphatic rings. The number of likely N-dealkylation sites (N-methyl/N-ethyl adjacent to an activating group) is 1. The van der Waals surface area contributed by atoms with Crippen LogP contribution in [0.2, 0.25) is 0 Å². The van der Waals surface area contributed by atoms with E-state index in [0.717, 1.165) is 52.9 Å². The van der Waals surface area contributed by atoms with Crippen LogP contribution in [0.1, 0.15) is 57.0 Å². The standard InChI is InChI=1S/C40H40N2O4/c1-42(26-29-10-4-2-5-11-29)27-37-24-38(32-20-18-30(28-43)19-21-32)46-40(45-37)36-17-9-16-35(23-36)34-15-8-12-31(22-34)25-41-39(44)33-13-6-3-7-14-33/h2-23,37-38,40,43H,24-28H2,1H3,(H,41,44)/t37-,38+,40+/m0/s1. The van der Waals surface area contributed by atoms with E-state index in [4.69, 9.17) is 9.47 Å². The number of carbonyl (C=O) groups excluding carboxylic acids is 1. The lowest BCUT2D eigenvalue weighted by molar-refractivity contribution is -0.252. The van der Waals surface area contributed by atoms with Crippen LogP contribution < -0.4 is 5.32 Å². The minimum absolute atomic E-state index is 0.0117. The molecular weight excluding hydrogens is 572 g/mol. The van der Waals surface area contributed by atoms with Gasteiger partial charge in [0.1, 0.15) is 0 Å². The van der Waals surface area contributed by atoms with Gasteiger partial charge in [0.2, 0.25) is 0 Å². The molecule has 3 atom stereocenters. The van der Waals surface area contributed by atoms with Crippen LogP contribution in [0, 0.1) is 0 Å². The highest BCUT2D eigenvalue weighted by atomic mass is 16.7. The zero-order valence-corrected chi connectivity index (χ0v) is 26.1. The van der Waals surface area contributed by atoms with Crippen molar-refractivity contribution in [3.8, 4) is 11.1 Å². The number of hydrogen-bond acceptors (Lipinski definition) is 5. The molecule has 0 unspecified atom stereocenters. The van der Waals surface area contributed by atoms with Crippen LogP contribution in [0.5, 0.6) is 0 Å². The van der Waals surface area contributed by atoms with Gasteiger partial charge in [0.15, 0.2) is 6.29 Å². The number of aliphatic hydroxyl groups is 1. The number of rotatable bonds is 11. The van der Waals surface area contributed by atoms with Crippen molar-refractivity contribution in [1.82, 2.24) is 10.2 Å². The lowest BCUT2D eigenvalue weighted by atomic mass is 9.98. The van der Waals surface area contributed by atoms with Gasteiger partial charge in [0, 0.05) is 37.2 Å². The minimum atomic E-state index is -0.542. The predicted molar refractivity (Wildman–Crippen MR) is 181 cm³/mol. The topological polar surface area (TPSA) is 71.0 Å². The summed E-state index contributed by atoms with van der Waals surface area (Å²) in [6.07, 6.45) is -0.0124. The molecule has 0 bridgehead atoms. The first kappa shape index (κ1) is 31.4. The molecule has 46 heavy (non-hydrogen) atoms. The van der Waals surface area contributed by atoms with Crippen LogP contribution in [0.25, 0.3) is 11.1 Å². The van der Waals surface area contributed by atoms with E-state index in [2.05, 4.69) is 71.9 Å². The van der Waals surface area contributed by atoms with E-state index in [0.29, 0.717) is 12.1 Å². The van der Waals surface area contributed by atoms with Gasteiger partial charge in [0.25, 0.3) is 5.91 Å². The van der Waals surface area contributed by atoms with Gasteiger partial charge in [0.05, 0.1) is 18.8 Å². The van der Waals surface area contributed by atoms with Crippen molar-refractivity contribution in [1.29, 1.82) is 0 Å². The number of benzene rings is 5. The van der Waals surface area contributed by atoms with Crippen molar-refractivity contribution in [2.24, 2.45) is 0 Å². The van der Waals surface area contributed by atoms with Crippen LogP contribution in [0.3, 0.4) is 0 Å². The Bertz CT molecular complexity index is 1710. The van der Waals surface area contributed by atoms with Crippen LogP contribution in [0.4, 0.5) is 0 Å². The molecule has 0 saturated carbocycles. The van der Waals surface area contributed by atoms with Gasteiger partial charge in [-0.2, -0.15) is 0 Å². The van der Waals surface area contributed by atoms with Crippen molar-refractivity contribution in [3.05, 3.63) is 167 Å². The molecule has 1 amide bonds. The van der Waals surface area contributed by atoms with Gasteiger partial charge in [-0.05, 0) is 64.7 Å². The Labute approximate surface area is 271 Å². The fourth-order valence-electron chi connectivity index (χ4n) is 5.94. The van der Waals surface area contributed by atoms with Gasteiger partial charge < -0.3 is 19.9 Å². The maximum atomic E-state index is 12.6. The second-order valence-corrected chi connectivity index (χ2v) is 11.9. The van der Waals surface area contributed by atoms with Crippen molar-refractivity contribution in [2.75, 3.05) is 13.6 Å². The van der Waals surface area contributed by atoms with E-state index in [-0.39, 0.29) is 24.7 Å². The third kappa shape index (κ3) is 8.16. The van der Waals surface area contributed by atoms with E-state index in [9.17, 15) is 9.90 Å². The normalized spacial score (nSPS) is 17.9. The van der Waals surface area contributed by atoms with Gasteiger partial charge in [-0.1, -0.05) is 109 Å². The number of aliphatic hydroxyl groups excluding tert-OH is 1. The molecule has 2 N–H and O–H groups in total. The highest BCUT2D eigenvalue weighted by molar-refractivity contribution is 5.94. The summed E-state index contributed by atoms with van der Waals surface area (Å²) < 4.78 is 13.3. The SMILES string of the molecule is CN(Cc1ccccc1)C[C@@H]1C[C@H](c2ccc(CO)cc2)O[C@H](c2cccc(-c3cccc(CNC(=O)c4ccccc4)c3)c2)O1. The summed E-state index contributed by atoms with van der Waals surface area (Å²) >= 11 is 0. The lowest BCUT2D eigenvalue weighted by Gasteiger charge is -2.38. The van der Waals surface area contributed by atoms with Crippen molar-refractivity contribution < 1.29 is 19.4 Å². The second-order valence-electron chi connectivity index (χ2n) is 11.9. The number of carbonyl (C=O) groups is 1. The van der Waals surface area contributed by atoms with Gasteiger partial charge >= 0.3 is 0 Å². The molecule has 0 aromatic heterocycles. The van der Waals surface area contributed by atoms with E-state index in [1.807, 2.05) is 78.9 Å². The van der Waals surface area contributed by atoms with Crippen LogP contribution in [-0.4, -0.2) is 35.6 Å². The summed E-state index contributed by atoms with van der Waals surface area (Å²) in [6, 6.07) is 44.3. The predicted octanol–water partition coefficient (Wildman–Crippen LogP) is 7.45. The average molecular weight is 613 g/mol. The van der Waals surface area contributed by atoms with E-state index >= 15 is 0 Å². The van der Waals surface area contributed by atoms with E-state index in [1.54, 1.807) is 0 Å². The van der Waals surface area contributed by atoms with Crippen molar-refractivity contribution in [2.45, 2.75) is 44.6 Å². The van der Waals surface area contributed by atoms with Gasteiger partial charge in [-0.15, -0.1) is 0 Å².